The molecule has 2 amide bonds. The van der Waals surface area contributed by atoms with Crippen molar-refractivity contribution in [2.24, 2.45) is 15.2 Å². The van der Waals surface area contributed by atoms with Gasteiger partial charge in [-0.05, 0) is 6.42 Å². The van der Waals surface area contributed by atoms with Gasteiger partial charge < -0.3 is 0 Å². The van der Waals surface area contributed by atoms with Crippen LogP contribution in [0, 0.1) is 0 Å². The van der Waals surface area contributed by atoms with Crippen molar-refractivity contribution in [3.05, 3.63) is 12.3 Å². The molecule has 0 unspecified atom stereocenters. The Balaban J connectivity index is 2.05. The first kappa shape index (κ1) is 15.5. The lowest BCUT2D eigenvalue weighted by Crippen LogP contribution is -2.31. The Labute approximate surface area is 115 Å². The maximum atomic E-state index is 11.0. The van der Waals surface area contributed by atoms with Crippen LogP contribution in [0.3, 0.4) is 0 Å². The fourth-order valence-corrected chi connectivity index (χ4v) is 1.92. The van der Waals surface area contributed by atoms with Crippen LogP contribution in [0.5, 0.6) is 0 Å². The zero-order chi connectivity index (χ0) is 13.9. The van der Waals surface area contributed by atoms with Gasteiger partial charge in [-0.1, -0.05) is 63.6 Å². The topological polar surface area (TPSA) is 66.2 Å². The average Bonchev–Trinajstić information content (AvgIpc) is 2.40. The van der Waals surface area contributed by atoms with Crippen molar-refractivity contribution >= 4 is 11.9 Å². The van der Waals surface area contributed by atoms with Crippen LogP contribution in [0.15, 0.2) is 27.5 Å². The third kappa shape index (κ3) is 6.84. The fourth-order valence-electron chi connectivity index (χ4n) is 1.92. The molecule has 0 aromatic carbocycles. The summed E-state index contributed by atoms with van der Waals surface area (Å²) in [5.41, 5.74) is 0.430. The van der Waals surface area contributed by atoms with Gasteiger partial charge in [-0.2, -0.15) is 0 Å². The third-order valence-corrected chi connectivity index (χ3v) is 3.04. The molecule has 0 radical (unpaired) electrons. The van der Waals surface area contributed by atoms with Crippen molar-refractivity contribution in [3.63, 3.8) is 0 Å². The number of nitrogens with zero attached hydrogens (tertiary/aromatic N) is 3. The molecule has 0 aromatic heterocycles. The van der Waals surface area contributed by atoms with Gasteiger partial charge in [-0.15, -0.1) is 5.11 Å². The van der Waals surface area contributed by atoms with Crippen LogP contribution in [0.2, 0.25) is 0 Å². The van der Waals surface area contributed by atoms with E-state index in [1.54, 1.807) is 0 Å². The van der Waals surface area contributed by atoms with Crippen molar-refractivity contribution in [3.8, 4) is 0 Å². The molecule has 0 saturated heterocycles. The van der Waals surface area contributed by atoms with Crippen LogP contribution < -0.4 is 5.32 Å². The second-order valence-electron chi connectivity index (χ2n) is 4.78. The van der Waals surface area contributed by atoms with E-state index < -0.39 is 6.03 Å². The summed E-state index contributed by atoms with van der Waals surface area (Å²) >= 11 is 0. The zero-order valence-corrected chi connectivity index (χ0v) is 11.8. The summed E-state index contributed by atoms with van der Waals surface area (Å²) in [6, 6.07) is -0.470. The van der Waals surface area contributed by atoms with Crippen LogP contribution in [-0.2, 0) is 0 Å². The van der Waals surface area contributed by atoms with Gasteiger partial charge in [0.15, 0.2) is 5.84 Å². The predicted octanol–water partition coefficient (Wildman–Crippen LogP) is 4.21. The van der Waals surface area contributed by atoms with Gasteiger partial charge in [0.05, 0.1) is 0 Å². The first-order chi connectivity index (χ1) is 9.24. The third-order valence-electron chi connectivity index (χ3n) is 3.04. The number of carbonyl (C=O) groups is 1. The minimum atomic E-state index is -0.470. The maximum absolute atomic E-state index is 11.0. The summed E-state index contributed by atoms with van der Waals surface area (Å²) in [7, 11) is 0. The number of carbonyl (C=O) groups excluding carboxylic acids is 1. The quantitative estimate of drug-likeness (QED) is 0.623. The van der Waals surface area contributed by atoms with Gasteiger partial charge in [0, 0.05) is 6.54 Å². The van der Waals surface area contributed by atoms with E-state index in [1.807, 2.05) is 0 Å². The molecule has 0 bridgehead atoms. The summed E-state index contributed by atoms with van der Waals surface area (Å²) in [5.74, 6) is 0.461. The number of unbranched alkanes of at least 4 members (excludes halogenated alkanes) is 7. The molecule has 1 N–H and O–H groups in total. The molecule has 5 heteroatoms. The Morgan fingerprint density at radius 1 is 1.05 bits per heavy atom. The number of azo groups is 1. The highest BCUT2D eigenvalue weighted by molar-refractivity contribution is 6.08. The second-order valence-corrected chi connectivity index (χ2v) is 4.78. The Kier molecular flexibility index (Phi) is 7.70. The minimum Gasteiger partial charge on any atom is -0.288 e. The fraction of sp³-hybridized carbons (Fsp3) is 0.714. The molecule has 1 rings (SSSR count). The van der Waals surface area contributed by atoms with Crippen LogP contribution in [-0.4, -0.2) is 18.4 Å². The molecular formula is C14H24N4O. The molecule has 1 aliphatic rings. The van der Waals surface area contributed by atoms with Crippen molar-refractivity contribution in [1.29, 1.82) is 0 Å². The predicted molar refractivity (Wildman–Crippen MR) is 77.4 cm³/mol. The molecule has 0 aliphatic carbocycles. The number of rotatable bonds is 9. The largest absolute Gasteiger partial charge is 0.365 e. The van der Waals surface area contributed by atoms with Gasteiger partial charge in [0.1, 0.15) is 5.70 Å². The number of aliphatic imine (C=N–C) groups is 1. The lowest BCUT2D eigenvalue weighted by atomic mass is 10.1. The van der Waals surface area contributed by atoms with Crippen molar-refractivity contribution in [1.82, 2.24) is 5.32 Å². The molecule has 1 heterocycles. The molecule has 5 nitrogen and oxygen atoms in total. The van der Waals surface area contributed by atoms with Crippen molar-refractivity contribution in [2.45, 2.75) is 58.3 Å². The van der Waals surface area contributed by atoms with E-state index in [2.05, 4.69) is 34.0 Å². The summed E-state index contributed by atoms with van der Waals surface area (Å²) in [6.07, 6.45) is 10.2. The van der Waals surface area contributed by atoms with Crippen LogP contribution in [0.25, 0.3) is 0 Å². The lowest BCUT2D eigenvalue weighted by Gasteiger charge is -2.09. The normalized spacial score (nSPS) is 17.0. The van der Waals surface area contributed by atoms with E-state index >= 15 is 0 Å². The number of urea groups is 1. The van der Waals surface area contributed by atoms with E-state index in [-0.39, 0.29) is 0 Å². The molecule has 0 aromatic rings. The molecule has 106 valence electrons. The molecule has 1 aliphatic heterocycles. The monoisotopic (exact) mass is 264 g/mol. The molecule has 0 atom stereocenters. The lowest BCUT2D eigenvalue weighted by molar-refractivity contribution is 0.251. The Morgan fingerprint density at radius 2 is 1.68 bits per heavy atom. The van der Waals surface area contributed by atoms with Crippen molar-refractivity contribution in [2.75, 3.05) is 6.54 Å². The first-order valence-electron chi connectivity index (χ1n) is 7.20. The highest BCUT2D eigenvalue weighted by Crippen LogP contribution is 2.09. The minimum absolute atomic E-state index is 0.430. The number of amides is 2. The summed E-state index contributed by atoms with van der Waals surface area (Å²) in [5, 5.41) is 9.53. The van der Waals surface area contributed by atoms with Gasteiger partial charge in [-0.3, -0.25) is 10.3 Å². The van der Waals surface area contributed by atoms with E-state index in [4.69, 9.17) is 0 Å². The smallest absolute Gasteiger partial charge is 0.288 e. The highest BCUT2D eigenvalue weighted by Gasteiger charge is 2.13. The molecule has 0 fully saturated rings. The van der Waals surface area contributed by atoms with E-state index in [1.165, 1.54) is 44.9 Å². The number of hydrogen-bond acceptors (Lipinski definition) is 3. The Morgan fingerprint density at radius 3 is 2.37 bits per heavy atom. The number of amidine groups is 1. The van der Waals surface area contributed by atoms with Gasteiger partial charge in [-0.25, -0.2) is 4.79 Å². The summed E-state index contributed by atoms with van der Waals surface area (Å²) < 4.78 is 0. The van der Waals surface area contributed by atoms with Gasteiger partial charge in [0.2, 0.25) is 0 Å². The molecular weight excluding hydrogens is 240 g/mol. The summed E-state index contributed by atoms with van der Waals surface area (Å²) in [6.45, 7) is 6.62. The number of hydrogen-bond donors (Lipinski definition) is 1. The SMILES string of the molecule is C=C1N=NC(=O)NC1=NCCCCCCCCCC. The molecule has 0 spiro atoms. The summed E-state index contributed by atoms with van der Waals surface area (Å²) in [4.78, 5) is 15.3. The van der Waals surface area contributed by atoms with E-state index in [9.17, 15) is 4.79 Å². The molecule has 0 saturated carbocycles. The molecule has 19 heavy (non-hydrogen) atoms. The maximum Gasteiger partial charge on any atom is 0.365 e. The Hall–Kier alpha value is -1.52. The van der Waals surface area contributed by atoms with Gasteiger partial charge >= 0.3 is 6.03 Å². The first-order valence-corrected chi connectivity index (χ1v) is 7.20. The van der Waals surface area contributed by atoms with E-state index in [0.717, 1.165) is 6.42 Å². The average molecular weight is 264 g/mol. The van der Waals surface area contributed by atoms with Crippen molar-refractivity contribution < 1.29 is 4.79 Å². The van der Waals surface area contributed by atoms with E-state index in [0.29, 0.717) is 18.1 Å². The van der Waals surface area contributed by atoms with Gasteiger partial charge in [0.25, 0.3) is 0 Å². The zero-order valence-electron chi connectivity index (χ0n) is 11.8. The number of nitrogens with one attached hydrogen (secondary N) is 1. The van der Waals surface area contributed by atoms with Crippen LogP contribution >= 0.6 is 0 Å². The van der Waals surface area contributed by atoms with Crippen LogP contribution in [0.1, 0.15) is 58.3 Å². The van der Waals surface area contributed by atoms with Crippen LogP contribution in [0.4, 0.5) is 4.79 Å². The standard InChI is InChI=1S/C14H24N4O/c1-3-4-5-6-7-8-9-10-11-15-13-12(2)17-18-14(19)16-13/h2-11H2,1H3,(H,15,16,19). The highest BCUT2D eigenvalue weighted by atomic mass is 16.2. The second kappa shape index (κ2) is 9.42. The Bertz CT molecular complexity index is 360.